The van der Waals surface area contributed by atoms with Crippen molar-refractivity contribution in [3.05, 3.63) is 12.5 Å². The van der Waals surface area contributed by atoms with Crippen LogP contribution >= 0.6 is 0 Å². The molecule has 0 saturated carbocycles. The fraction of sp³-hybridized carbons (Fsp3) is 0.583. The van der Waals surface area contributed by atoms with Gasteiger partial charge in [-0.3, -0.25) is 4.68 Å². The van der Waals surface area contributed by atoms with E-state index < -0.39 is 0 Å². The second-order valence-electron chi connectivity index (χ2n) is 4.72. The van der Waals surface area contributed by atoms with Gasteiger partial charge < -0.3 is 14.8 Å². The summed E-state index contributed by atoms with van der Waals surface area (Å²) >= 11 is 0. The number of rotatable bonds is 3. The van der Waals surface area contributed by atoms with Crippen LogP contribution in [0.1, 0.15) is 6.92 Å². The summed E-state index contributed by atoms with van der Waals surface area (Å²) in [6.07, 6.45) is 3.46. The molecule has 1 N–H and O–H groups in total. The molecule has 7 nitrogen and oxygen atoms in total. The van der Waals surface area contributed by atoms with Gasteiger partial charge in [-0.15, -0.1) is 0 Å². The predicted octanol–water partition coefficient (Wildman–Crippen LogP) is 0.119. The lowest BCUT2D eigenvalue weighted by atomic mass is 10.2. The summed E-state index contributed by atoms with van der Waals surface area (Å²) in [7, 11) is 1.84. The number of aryl methyl sites for hydroxylation is 1. The van der Waals surface area contributed by atoms with E-state index >= 15 is 0 Å². The van der Waals surface area contributed by atoms with Crippen molar-refractivity contribution in [2.75, 3.05) is 19.7 Å². The monoisotopic (exact) mass is 263 g/mol. The van der Waals surface area contributed by atoms with Crippen molar-refractivity contribution in [3.8, 4) is 5.88 Å². The van der Waals surface area contributed by atoms with E-state index in [0.29, 0.717) is 12.5 Å². The zero-order valence-corrected chi connectivity index (χ0v) is 11.0. The Bertz CT molecular complexity index is 570. The van der Waals surface area contributed by atoms with Crippen LogP contribution in [0.2, 0.25) is 0 Å². The second-order valence-corrected chi connectivity index (χ2v) is 4.72. The normalized spacial score (nSPS) is 23.7. The molecule has 102 valence electrons. The van der Waals surface area contributed by atoms with Gasteiger partial charge >= 0.3 is 0 Å². The number of nitrogens with zero attached hydrogens (tertiary/aromatic N) is 4. The quantitative estimate of drug-likeness (QED) is 0.848. The number of nitrogens with one attached hydrogen (secondary N) is 1. The Morgan fingerprint density at radius 1 is 1.47 bits per heavy atom. The van der Waals surface area contributed by atoms with Crippen LogP contribution in [0.5, 0.6) is 5.88 Å². The van der Waals surface area contributed by atoms with Crippen molar-refractivity contribution in [1.29, 1.82) is 0 Å². The topological polar surface area (TPSA) is 74.1 Å². The van der Waals surface area contributed by atoms with Crippen LogP contribution in [0, 0.1) is 0 Å². The molecule has 19 heavy (non-hydrogen) atoms. The van der Waals surface area contributed by atoms with Crippen LogP contribution in [0.25, 0.3) is 11.0 Å². The van der Waals surface area contributed by atoms with Gasteiger partial charge in [0.15, 0.2) is 5.65 Å². The van der Waals surface area contributed by atoms with E-state index in [4.69, 9.17) is 9.47 Å². The maximum absolute atomic E-state index is 5.77. The standard InChI is InChI=1S/C12H17N5O2/c1-8-3-13-4-9(19-8)6-18-12-10-5-16-17(2)11(10)14-7-15-12/h5,7-9,13H,3-4,6H2,1-2H3. The third kappa shape index (κ3) is 2.52. The summed E-state index contributed by atoms with van der Waals surface area (Å²) in [5, 5.41) is 8.28. The highest BCUT2D eigenvalue weighted by molar-refractivity contribution is 5.79. The summed E-state index contributed by atoms with van der Waals surface area (Å²) in [4.78, 5) is 8.33. The molecule has 0 amide bonds. The smallest absolute Gasteiger partial charge is 0.227 e. The predicted molar refractivity (Wildman–Crippen MR) is 69.0 cm³/mol. The molecule has 1 aliphatic heterocycles. The van der Waals surface area contributed by atoms with Gasteiger partial charge in [0.2, 0.25) is 5.88 Å². The second kappa shape index (κ2) is 5.10. The van der Waals surface area contributed by atoms with Gasteiger partial charge in [0.25, 0.3) is 0 Å². The molecular weight excluding hydrogens is 246 g/mol. The maximum Gasteiger partial charge on any atom is 0.227 e. The highest BCUT2D eigenvalue weighted by atomic mass is 16.5. The van der Waals surface area contributed by atoms with Crippen molar-refractivity contribution >= 4 is 11.0 Å². The highest BCUT2D eigenvalue weighted by Gasteiger charge is 2.20. The van der Waals surface area contributed by atoms with E-state index in [1.807, 2.05) is 14.0 Å². The van der Waals surface area contributed by atoms with Gasteiger partial charge in [-0.25, -0.2) is 9.97 Å². The molecule has 2 atom stereocenters. The summed E-state index contributed by atoms with van der Waals surface area (Å²) < 4.78 is 13.2. The minimum Gasteiger partial charge on any atom is -0.474 e. The molecule has 1 aliphatic rings. The molecule has 0 spiro atoms. The van der Waals surface area contributed by atoms with Gasteiger partial charge in [0.05, 0.1) is 12.3 Å². The number of hydrogen-bond acceptors (Lipinski definition) is 6. The third-order valence-corrected chi connectivity index (χ3v) is 3.13. The summed E-state index contributed by atoms with van der Waals surface area (Å²) in [5.74, 6) is 0.555. The largest absolute Gasteiger partial charge is 0.474 e. The average molecular weight is 263 g/mol. The molecule has 7 heteroatoms. The first-order chi connectivity index (χ1) is 9.24. The zero-order chi connectivity index (χ0) is 13.2. The minimum atomic E-state index is 0.0467. The van der Waals surface area contributed by atoms with Gasteiger partial charge in [-0.1, -0.05) is 0 Å². The minimum absolute atomic E-state index is 0.0467. The van der Waals surface area contributed by atoms with Crippen molar-refractivity contribution in [3.63, 3.8) is 0 Å². The molecular formula is C12H17N5O2. The number of ether oxygens (including phenoxy) is 2. The van der Waals surface area contributed by atoms with E-state index in [9.17, 15) is 0 Å². The van der Waals surface area contributed by atoms with E-state index in [1.54, 1.807) is 10.9 Å². The van der Waals surface area contributed by atoms with Crippen LogP contribution in [0.4, 0.5) is 0 Å². The fourth-order valence-electron chi connectivity index (χ4n) is 2.20. The lowest BCUT2D eigenvalue weighted by Crippen LogP contribution is -2.45. The Balaban J connectivity index is 1.71. The zero-order valence-electron chi connectivity index (χ0n) is 11.0. The number of morpholine rings is 1. The first-order valence-corrected chi connectivity index (χ1v) is 6.35. The SMILES string of the molecule is CC1CNCC(COc2ncnc3c2cnn3C)O1. The molecule has 1 fully saturated rings. The molecule has 0 aromatic carbocycles. The van der Waals surface area contributed by atoms with Crippen molar-refractivity contribution in [2.45, 2.75) is 19.1 Å². The third-order valence-electron chi connectivity index (χ3n) is 3.13. The van der Waals surface area contributed by atoms with Crippen LogP contribution in [-0.2, 0) is 11.8 Å². The van der Waals surface area contributed by atoms with E-state index in [1.165, 1.54) is 6.33 Å². The molecule has 3 heterocycles. The summed E-state index contributed by atoms with van der Waals surface area (Å²) in [5.41, 5.74) is 0.765. The number of fused-ring (bicyclic) bond motifs is 1. The molecule has 2 aromatic rings. The van der Waals surface area contributed by atoms with E-state index in [-0.39, 0.29) is 12.2 Å². The number of hydrogen-bond donors (Lipinski definition) is 1. The van der Waals surface area contributed by atoms with Gasteiger partial charge in [0, 0.05) is 20.1 Å². The summed E-state index contributed by atoms with van der Waals surface area (Å²) in [6, 6.07) is 0. The molecule has 1 saturated heterocycles. The van der Waals surface area contributed by atoms with Gasteiger partial charge in [-0.2, -0.15) is 5.10 Å². The van der Waals surface area contributed by atoms with Crippen LogP contribution in [-0.4, -0.2) is 51.7 Å². The average Bonchev–Trinajstić information content (AvgIpc) is 2.79. The summed E-state index contributed by atoms with van der Waals surface area (Å²) in [6.45, 7) is 4.20. The van der Waals surface area contributed by atoms with Crippen molar-refractivity contribution in [2.24, 2.45) is 7.05 Å². The van der Waals surface area contributed by atoms with Crippen molar-refractivity contribution in [1.82, 2.24) is 25.1 Å². The lowest BCUT2D eigenvalue weighted by molar-refractivity contribution is -0.0474. The number of aromatic nitrogens is 4. The Labute approximate surface area is 110 Å². The molecule has 3 rings (SSSR count). The van der Waals surface area contributed by atoms with Gasteiger partial charge in [0.1, 0.15) is 24.4 Å². The Morgan fingerprint density at radius 3 is 3.21 bits per heavy atom. The highest BCUT2D eigenvalue weighted by Crippen LogP contribution is 2.20. The van der Waals surface area contributed by atoms with Crippen LogP contribution in [0.15, 0.2) is 12.5 Å². The Kier molecular flexibility index (Phi) is 3.31. The molecule has 0 radical (unpaired) electrons. The molecule has 0 bridgehead atoms. The van der Waals surface area contributed by atoms with Crippen molar-refractivity contribution < 1.29 is 9.47 Å². The molecule has 2 unspecified atom stereocenters. The first kappa shape index (κ1) is 12.3. The van der Waals surface area contributed by atoms with E-state index in [2.05, 4.69) is 20.4 Å². The Morgan fingerprint density at radius 2 is 2.37 bits per heavy atom. The van der Waals surface area contributed by atoms with Gasteiger partial charge in [-0.05, 0) is 6.92 Å². The fourth-order valence-corrected chi connectivity index (χ4v) is 2.20. The maximum atomic E-state index is 5.77. The van der Waals surface area contributed by atoms with Crippen LogP contribution in [0.3, 0.4) is 0 Å². The first-order valence-electron chi connectivity index (χ1n) is 6.35. The molecule has 0 aliphatic carbocycles. The molecule has 2 aromatic heterocycles. The van der Waals surface area contributed by atoms with Crippen LogP contribution < -0.4 is 10.1 Å². The lowest BCUT2D eigenvalue weighted by Gasteiger charge is -2.28. The van der Waals surface area contributed by atoms with E-state index in [0.717, 1.165) is 24.1 Å². The Hall–Kier alpha value is -1.73.